The van der Waals surface area contributed by atoms with Crippen LogP contribution in [-0.2, 0) is 18.3 Å². The Hall–Kier alpha value is -2.16. The zero-order valence-corrected chi connectivity index (χ0v) is 22.4. The van der Waals surface area contributed by atoms with Crippen LogP contribution >= 0.6 is 15.9 Å². The predicted molar refractivity (Wildman–Crippen MR) is 149 cm³/mol. The summed E-state index contributed by atoms with van der Waals surface area (Å²) in [5.74, 6) is 0.622. The Balaban J connectivity index is 0.00000133. The van der Waals surface area contributed by atoms with Gasteiger partial charge in [-0.3, -0.25) is 0 Å². The topological polar surface area (TPSA) is 12.0 Å². The Morgan fingerprint density at radius 1 is 0.971 bits per heavy atom. The number of fused-ring (bicyclic) bond motifs is 4. The van der Waals surface area contributed by atoms with Gasteiger partial charge in [0, 0.05) is 22.0 Å². The van der Waals surface area contributed by atoms with E-state index in [1.54, 1.807) is 0 Å². The van der Waals surface area contributed by atoms with Crippen LogP contribution < -0.4 is 5.32 Å². The van der Waals surface area contributed by atoms with E-state index >= 15 is 0 Å². The molecule has 0 saturated heterocycles. The van der Waals surface area contributed by atoms with E-state index in [-0.39, 0.29) is 5.41 Å². The molecule has 4 atom stereocenters. The van der Waals surface area contributed by atoms with Crippen molar-refractivity contribution in [1.82, 2.24) is 5.32 Å². The van der Waals surface area contributed by atoms with Crippen molar-refractivity contribution in [3.8, 4) is 0 Å². The Morgan fingerprint density at radius 3 is 2.41 bits per heavy atom. The van der Waals surface area contributed by atoms with Crippen LogP contribution in [0.15, 0.2) is 95.5 Å². The van der Waals surface area contributed by atoms with Crippen LogP contribution in [0.2, 0.25) is 0 Å². The molecular formula is C32H38BrN. The second kappa shape index (κ2) is 11.5. The van der Waals surface area contributed by atoms with Crippen LogP contribution in [-0.4, -0.2) is 6.04 Å². The number of halogens is 1. The molecule has 178 valence electrons. The molecule has 0 heterocycles. The van der Waals surface area contributed by atoms with Crippen molar-refractivity contribution >= 4 is 15.9 Å². The molecule has 2 unspecified atom stereocenters. The minimum atomic E-state index is -0.0518. The van der Waals surface area contributed by atoms with E-state index in [4.69, 9.17) is 0 Å². The maximum atomic E-state index is 4.16. The van der Waals surface area contributed by atoms with Crippen LogP contribution in [0.5, 0.6) is 0 Å². The van der Waals surface area contributed by atoms with Gasteiger partial charge >= 0.3 is 0 Å². The lowest BCUT2D eigenvalue weighted by Gasteiger charge is -2.50. The zero-order valence-electron chi connectivity index (χ0n) is 20.8. The number of allylic oxidation sites excluding steroid dienone is 1. The van der Waals surface area contributed by atoms with Crippen LogP contribution in [0.25, 0.3) is 0 Å². The fraction of sp³-hybridized carbons (Fsp3) is 0.375. The lowest BCUT2D eigenvalue weighted by atomic mass is 9.58. The lowest BCUT2D eigenvalue weighted by Crippen LogP contribution is -2.57. The first-order valence-corrected chi connectivity index (χ1v) is 13.8. The van der Waals surface area contributed by atoms with E-state index < -0.39 is 0 Å². The van der Waals surface area contributed by atoms with Crippen molar-refractivity contribution < 1.29 is 0 Å². The maximum absolute atomic E-state index is 4.16. The number of hydrogen-bond acceptors (Lipinski definition) is 1. The Kier molecular flexibility index (Phi) is 8.45. The molecule has 2 heteroatoms. The summed E-state index contributed by atoms with van der Waals surface area (Å²) in [6, 6.07) is 29.7. The number of rotatable bonds is 5. The van der Waals surface area contributed by atoms with Gasteiger partial charge in [-0.2, -0.15) is 0 Å². The number of nitrogens with one attached hydrogen (secondary N) is 1. The molecule has 0 spiro atoms. The molecule has 1 nitrogen and oxygen atoms in total. The third-order valence-electron chi connectivity index (χ3n) is 7.51. The van der Waals surface area contributed by atoms with E-state index in [1.165, 1.54) is 46.0 Å². The van der Waals surface area contributed by atoms with Gasteiger partial charge in [0.05, 0.1) is 0 Å². The van der Waals surface area contributed by atoms with Gasteiger partial charge in [0.2, 0.25) is 0 Å². The predicted octanol–water partition coefficient (Wildman–Crippen LogP) is 8.59. The van der Waals surface area contributed by atoms with Gasteiger partial charge in [-0.15, -0.1) is 0 Å². The second-order valence-electron chi connectivity index (χ2n) is 9.58. The monoisotopic (exact) mass is 515 g/mol. The minimum absolute atomic E-state index is 0.0518. The van der Waals surface area contributed by atoms with Crippen LogP contribution in [0.4, 0.5) is 0 Å². The SMILES string of the molecule is CC.C[C@H](NC1C2CCCC=C[C@@]1(Cc1ccccc1)c1ccc(Br)cc1C2)c1ccccc1. The van der Waals surface area contributed by atoms with E-state index in [1.807, 2.05) is 13.8 Å². The van der Waals surface area contributed by atoms with Crippen molar-refractivity contribution in [3.63, 3.8) is 0 Å². The maximum Gasteiger partial charge on any atom is 0.0331 e. The summed E-state index contributed by atoms with van der Waals surface area (Å²) in [7, 11) is 0. The Bertz CT molecular complexity index is 1070. The van der Waals surface area contributed by atoms with E-state index in [9.17, 15) is 0 Å². The van der Waals surface area contributed by atoms with Gasteiger partial charge in [0.15, 0.2) is 0 Å². The molecule has 0 saturated carbocycles. The van der Waals surface area contributed by atoms with Crippen LogP contribution in [0.3, 0.4) is 0 Å². The average Bonchev–Trinajstić information content (AvgIpc) is 2.87. The molecule has 0 fully saturated rings. The molecule has 34 heavy (non-hydrogen) atoms. The molecule has 0 radical (unpaired) electrons. The molecule has 5 rings (SSSR count). The van der Waals surface area contributed by atoms with Gasteiger partial charge in [0.25, 0.3) is 0 Å². The molecule has 0 aliphatic heterocycles. The van der Waals surface area contributed by atoms with Crippen LogP contribution in [0, 0.1) is 5.92 Å². The highest BCUT2D eigenvalue weighted by atomic mass is 79.9. The minimum Gasteiger partial charge on any atom is -0.306 e. The van der Waals surface area contributed by atoms with Crippen molar-refractivity contribution in [2.75, 3.05) is 0 Å². The molecule has 2 bridgehead atoms. The van der Waals surface area contributed by atoms with Gasteiger partial charge in [0.1, 0.15) is 0 Å². The molecule has 2 aliphatic carbocycles. The summed E-state index contributed by atoms with van der Waals surface area (Å²) >= 11 is 3.74. The summed E-state index contributed by atoms with van der Waals surface area (Å²) in [6.45, 7) is 6.33. The van der Waals surface area contributed by atoms with E-state index in [0.717, 1.165) is 12.8 Å². The zero-order chi connectivity index (χ0) is 24.0. The first-order chi connectivity index (χ1) is 16.7. The van der Waals surface area contributed by atoms with Gasteiger partial charge < -0.3 is 5.32 Å². The molecule has 2 aliphatic rings. The van der Waals surface area contributed by atoms with Crippen LogP contribution in [0.1, 0.15) is 68.3 Å². The van der Waals surface area contributed by atoms with Crippen molar-refractivity contribution in [1.29, 1.82) is 0 Å². The highest BCUT2D eigenvalue weighted by molar-refractivity contribution is 9.10. The first kappa shape index (κ1) is 24.9. The third kappa shape index (κ3) is 5.24. The highest BCUT2D eigenvalue weighted by Gasteiger charge is 2.47. The van der Waals surface area contributed by atoms with Crippen molar-refractivity contribution in [2.45, 2.75) is 70.4 Å². The Labute approximate surface area is 214 Å². The van der Waals surface area contributed by atoms with E-state index in [2.05, 4.69) is 119 Å². The Morgan fingerprint density at radius 2 is 1.68 bits per heavy atom. The van der Waals surface area contributed by atoms with E-state index in [0.29, 0.717) is 18.0 Å². The molecule has 1 N–H and O–H groups in total. The smallest absolute Gasteiger partial charge is 0.0331 e. The van der Waals surface area contributed by atoms with Gasteiger partial charge in [-0.1, -0.05) is 109 Å². The van der Waals surface area contributed by atoms with Gasteiger partial charge in [-0.25, -0.2) is 0 Å². The summed E-state index contributed by atoms with van der Waals surface area (Å²) in [5.41, 5.74) is 5.73. The molecular weight excluding hydrogens is 478 g/mol. The molecule has 3 aromatic rings. The number of benzene rings is 3. The molecule has 3 aromatic carbocycles. The largest absolute Gasteiger partial charge is 0.306 e. The second-order valence-corrected chi connectivity index (χ2v) is 10.5. The summed E-state index contributed by atoms with van der Waals surface area (Å²) in [4.78, 5) is 0. The quantitative estimate of drug-likeness (QED) is 0.335. The standard InChI is InChI=1S/C30H32BrN.C2H6/c1-22(24-13-7-3-8-14-24)32-29-25-15-9-4-10-18-30(29,21-23-11-5-2-6-12-23)28-17-16-27(31)20-26(28)19-25;1-2/h2-3,5-8,10-14,16-18,20,22,25,29,32H,4,9,15,19,21H2,1H3;1-2H3/t22-,25?,29?,30+;/m0./s1. The summed E-state index contributed by atoms with van der Waals surface area (Å²) < 4.78 is 1.19. The highest BCUT2D eigenvalue weighted by Crippen LogP contribution is 2.47. The molecule has 0 amide bonds. The fourth-order valence-electron chi connectivity index (χ4n) is 6.02. The average molecular weight is 517 g/mol. The van der Waals surface area contributed by atoms with Gasteiger partial charge in [-0.05, 0) is 79.3 Å². The normalized spacial score (nSPS) is 24.1. The summed E-state index contributed by atoms with van der Waals surface area (Å²) in [6.07, 6.45) is 10.9. The summed E-state index contributed by atoms with van der Waals surface area (Å²) in [5, 5.41) is 4.16. The third-order valence-corrected chi connectivity index (χ3v) is 8.00. The fourth-order valence-corrected chi connectivity index (χ4v) is 6.43. The van der Waals surface area contributed by atoms with Crippen molar-refractivity contribution in [2.24, 2.45) is 5.92 Å². The molecule has 0 aromatic heterocycles. The lowest BCUT2D eigenvalue weighted by molar-refractivity contribution is 0.197. The first-order valence-electron chi connectivity index (χ1n) is 13.0. The van der Waals surface area contributed by atoms with Crippen molar-refractivity contribution in [3.05, 3.63) is 118 Å². The number of hydrogen-bond donors (Lipinski definition) is 1.